The lowest BCUT2D eigenvalue weighted by atomic mass is 10.0. The lowest BCUT2D eigenvalue weighted by Crippen LogP contribution is -2.41. The van der Waals surface area contributed by atoms with Gasteiger partial charge in [-0.25, -0.2) is 9.37 Å². The van der Waals surface area contributed by atoms with E-state index in [0.29, 0.717) is 18.8 Å². The van der Waals surface area contributed by atoms with E-state index in [1.807, 2.05) is 19.2 Å². The minimum Gasteiger partial charge on any atom is -0.368 e. The summed E-state index contributed by atoms with van der Waals surface area (Å²) >= 11 is 1.55. The summed E-state index contributed by atoms with van der Waals surface area (Å²) in [4.78, 5) is 19.0. The third-order valence-electron chi connectivity index (χ3n) is 4.02. The molecule has 2 heterocycles. The first kappa shape index (κ1) is 16.1. The Balaban J connectivity index is 1.88. The Morgan fingerprint density at radius 3 is 2.74 bits per heavy atom. The minimum absolute atomic E-state index is 0.0905. The van der Waals surface area contributed by atoms with Crippen LogP contribution >= 0.6 is 11.3 Å². The van der Waals surface area contributed by atoms with Crippen molar-refractivity contribution in [3.8, 4) is 0 Å². The summed E-state index contributed by atoms with van der Waals surface area (Å²) in [7, 11) is 0. The smallest absolute Gasteiger partial charge is 0.256 e. The summed E-state index contributed by atoms with van der Waals surface area (Å²) in [6.07, 6.45) is 0.434. The SMILES string of the molecule is Cc1nc(CN(C(=O)[C@H]2OCC[C@H]2C)c2ccc(F)cc2)cs1. The molecule has 2 aromatic rings. The number of aromatic nitrogens is 1. The van der Waals surface area contributed by atoms with Crippen molar-refractivity contribution in [2.45, 2.75) is 32.9 Å². The zero-order chi connectivity index (χ0) is 16.4. The van der Waals surface area contributed by atoms with Gasteiger partial charge in [-0.2, -0.15) is 0 Å². The highest BCUT2D eigenvalue weighted by molar-refractivity contribution is 7.09. The van der Waals surface area contributed by atoms with Crippen LogP contribution in [0.1, 0.15) is 24.0 Å². The molecule has 0 bridgehead atoms. The first-order valence-corrected chi connectivity index (χ1v) is 8.52. The Bertz CT molecular complexity index is 686. The number of amides is 1. The lowest BCUT2D eigenvalue weighted by molar-refractivity contribution is -0.128. The maximum atomic E-state index is 13.2. The average molecular weight is 334 g/mol. The molecule has 23 heavy (non-hydrogen) atoms. The van der Waals surface area contributed by atoms with Crippen LogP contribution in [-0.4, -0.2) is 23.6 Å². The van der Waals surface area contributed by atoms with Gasteiger partial charge in [0.2, 0.25) is 0 Å². The molecule has 6 heteroatoms. The molecule has 0 aliphatic carbocycles. The Morgan fingerprint density at radius 2 is 2.17 bits per heavy atom. The minimum atomic E-state index is -0.445. The molecular weight excluding hydrogens is 315 g/mol. The third-order valence-corrected chi connectivity index (χ3v) is 4.84. The molecule has 3 rings (SSSR count). The number of rotatable bonds is 4. The number of aryl methyl sites for hydroxylation is 1. The lowest BCUT2D eigenvalue weighted by Gasteiger charge is -2.26. The average Bonchev–Trinajstić information content (AvgIpc) is 3.14. The zero-order valence-corrected chi connectivity index (χ0v) is 14.0. The molecule has 1 saturated heterocycles. The van der Waals surface area contributed by atoms with E-state index in [0.717, 1.165) is 17.1 Å². The van der Waals surface area contributed by atoms with Gasteiger partial charge in [-0.3, -0.25) is 4.79 Å². The van der Waals surface area contributed by atoms with Crippen molar-refractivity contribution >= 4 is 22.9 Å². The molecule has 0 saturated carbocycles. The largest absolute Gasteiger partial charge is 0.368 e. The normalized spacial score (nSPS) is 20.7. The molecule has 1 fully saturated rings. The Hall–Kier alpha value is -1.79. The van der Waals surface area contributed by atoms with E-state index in [1.165, 1.54) is 12.1 Å². The van der Waals surface area contributed by atoms with Crippen molar-refractivity contribution in [1.29, 1.82) is 0 Å². The van der Waals surface area contributed by atoms with Crippen molar-refractivity contribution in [2.24, 2.45) is 5.92 Å². The van der Waals surface area contributed by atoms with Crippen molar-refractivity contribution in [1.82, 2.24) is 4.98 Å². The van der Waals surface area contributed by atoms with Crippen molar-refractivity contribution in [2.75, 3.05) is 11.5 Å². The van der Waals surface area contributed by atoms with Gasteiger partial charge in [-0.1, -0.05) is 6.92 Å². The standard InChI is InChI=1S/C17H19FN2O2S/c1-11-7-8-22-16(11)17(21)20(9-14-10-23-12(2)19-14)15-5-3-13(18)4-6-15/h3-6,10-11,16H,7-9H2,1-2H3/t11-,16+/m1/s1. The van der Waals surface area contributed by atoms with Gasteiger partial charge >= 0.3 is 0 Å². The molecule has 0 spiro atoms. The highest BCUT2D eigenvalue weighted by atomic mass is 32.1. The summed E-state index contributed by atoms with van der Waals surface area (Å²) in [6, 6.07) is 5.96. The number of nitrogens with zero attached hydrogens (tertiary/aromatic N) is 2. The summed E-state index contributed by atoms with van der Waals surface area (Å²) < 4.78 is 18.8. The number of hydrogen-bond donors (Lipinski definition) is 0. The fourth-order valence-corrected chi connectivity index (χ4v) is 3.33. The van der Waals surface area contributed by atoms with Crippen LogP contribution in [0.25, 0.3) is 0 Å². The quantitative estimate of drug-likeness (QED) is 0.859. The van der Waals surface area contributed by atoms with Crippen LogP contribution < -0.4 is 4.90 Å². The van der Waals surface area contributed by atoms with Crippen molar-refractivity contribution in [3.05, 3.63) is 46.2 Å². The zero-order valence-electron chi connectivity index (χ0n) is 13.2. The number of carbonyl (C=O) groups is 1. The highest BCUT2D eigenvalue weighted by Gasteiger charge is 2.35. The van der Waals surface area contributed by atoms with Crippen molar-refractivity contribution in [3.63, 3.8) is 0 Å². The molecule has 2 atom stereocenters. The van der Waals surface area contributed by atoms with Gasteiger partial charge in [-0.15, -0.1) is 11.3 Å². The maximum absolute atomic E-state index is 13.2. The number of ether oxygens (including phenoxy) is 1. The summed E-state index contributed by atoms with van der Waals surface area (Å²) in [5.41, 5.74) is 1.49. The van der Waals surface area contributed by atoms with E-state index in [-0.39, 0.29) is 17.6 Å². The molecule has 0 unspecified atom stereocenters. The van der Waals surface area contributed by atoms with Crippen LogP contribution in [0.5, 0.6) is 0 Å². The first-order valence-electron chi connectivity index (χ1n) is 7.64. The van der Waals surface area contributed by atoms with Crippen LogP contribution in [0.3, 0.4) is 0 Å². The van der Waals surface area contributed by atoms with Gasteiger partial charge in [0.1, 0.15) is 11.9 Å². The fraction of sp³-hybridized carbons (Fsp3) is 0.412. The fourth-order valence-electron chi connectivity index (χ4n) is 2.73. The summed E-state index contributed by atoms with van der Waals surface area (Å²) in [6.45, 7) is 4.91. The Morgan fingerprint density at radius 1 is 1.43 bits per heavy atom. The molecule has 4 nitrogen and oxygen atoms in total. The van der Waals surface area contributed by atoms with E-state index in [1.54, 1.807) is 28.4 Å². The van der Waals surface area contributed by atoms with E-state index < -0.39 is 6.10 Å². The summed E-state index contributed by atoms with van der Waals surface area (Å²) in [5.74, 6) is -0.231. The van der Waals surface area contributed by atoms with E-state index in [9.17, 15) is 9.18 Å². The van der Waals surface area contributed by atoms with Crippen LogP contribution in [0.4, 0.5) is 10.1 Å². The van der Waals surface area contributed by atoms with Crippen LogP contribution in [0.2, 0.25) is 0 Å². The molecule has 122 valence electrons. The van der Waals surface area contributed by atoms with Gasteiger partial charge in [0.05, 0.1) is 17.2 Å². The number of halogens is 1. The second kappa shape index (κ2) is 6.76. The van der Waals surface area contributed by atoms with Crippen LogP contribution in [0, 0.1) is 18.7 Å². The summed E-state index contributed by atoms with van der Waals surface area (Å²) in [5, 5.41) is 2.90. The van der Waals surface area contributed by atoms with Gasteiger partial charge in [0.15, 0.2) is 0 Å². The number of anilines is 1. The predicted octanol–water partition coefficient (Wildman–Crippen LogP) is 3.55. The topological polar surface area (TPSA) is 42.4 Å². The number of thiazole rings is 1. The molecule has 1 aliphatic rings. The van der Waals surface area contributed by atoms with Crippen molar-refractivity contribution < 1.29 is 13.9 Å². The molecule has 0 radical (unpaired) electrons. The molecule has 1 aromatic carbocycles. The van der Waals surface area contributed by atoms with Crippen LogP contribution in [0.15, 0.2) is 29.6 Å². The second-order valence-corrected chi connectivity index (χ2v) is 6.88. The van der Waals surface area contributed by atoms with Gasteiger partial charge in [0.25, 0.3) is 5.91 Å². The maximum Gasteiger partial charge on any atom is 0.256 e. The number of carbonyl (C=O) groups excluding carboxylic acids is 1. The first-order chi connectivity index (χ1) is 11.0. The van der Waals surface area contributed by atoms with Crippen LogP contribution in [-0.2, 0) is 16.1 Å². The molecule has 1 amide bonds. The predicted molar refractivity (Wildman–Crippen MR) is 88.0 cm³/mol. The monoisotopic (exact) mass is 334 g/mol. The van der Waals surface area contributed by atoms with Gasteiger partial charge < -0.3 is 9.64 Å². The molecule has 0 N–H and O–H groups in total. The van der Waals surface area contributed by atoms with E-state index in [4.69, 9.17) is 4.74 Å². The van der Waals surface area contributed by atoms with Gasteiger partial charge in [-0.05, 0) is 43.5 Å². The molecule has 1 aliphatic heterocycles. The Labute approximate surface area is 138 Å². The molecule has 1 aromatic heterocycles. The second-order valence-electron chi connectivity index (χ2n) is 5.82. The number of hydrogen-bond acceptors (Lipinski definition) is 4. The highest BCUT2D eigenvalue weighted by Crippen LogP contribution is 2.26. The van der Waals surface area contributed by atoms with E-state index >= 15 is 0 Å². The molecular formula is C17H19FN2O2S. The van der Waals surface area contributed by atoms with E-state index in [2.05, 4.69) is 4.98 Å². The third kappa shape index (κ3) is 3.59. The number of benzene rings is 1. The van der Waals surface area contributed by atoms with Gasteiger partial charge in [0, 0.05) is 17.7 Å². The Kier molecular flexibility index (Phi) is 4.73.